The van der Waals surface area contributed by atoms with Crippen LogP contribution in [0.15, 0.2) is 42.5 Å². The zero-order valence-electron chi connectivity index (χ0n) is 15.1. The lowest BCUT2D eigenvalue weighted by Crippen LogP contribution is -2.44. The van der Waals surface area contributed by atoms with Crippen LogP contribution in [-0.2, 0) is 14.4 Å². The molecular formula is C19H19Cl2N3O4. The van der Waals surface area contributed by atoms with Crippen LogP contribution in [0.25, 0.3) is 0 Å². The number of ether oxygens (including phenoxy) is 1. The lowest BCUT2D eigenvalue weighted by molar-refractivity contribution is -0.130. The van der Waals surface area contributed by atoms with E-state index >= 15 is 0 Å². The number of anilines is 1. The van der Waals surface area contributed by atoms with Gasteiger partial charge in [0, 0.05) is 17.9 Å². The zero-order chi connectivity index (χ0) is 20.5. The topological polar surface area (TPSA) is 96.5 Å². The highest BCUT2D eigenvalue weighted by Crippen LogP contribution is 2.25. The molecule has 0 bridgehead atoms. The average molecular weight is 424 g/mol. The van der Waals surface area contributed by atoms with E-state index in [1.54, 1.807) is 24.3 Å². The molecule has 2 aromatic carbocycles. The van der Waals surface area contributed by atoms with Crippen molar-refractivity contribution in [1.82, 2.24) is 10.9 Å². The van der Waals surface area contributed by atoms with E-state index in [4.69, 9.17) is 27.9 Å². The SMILES string of the molecule is Cc1ccc(OCC(=O)NNC(=O)CCC(=O)Nc2ccc(Cl)cc2Cl)cc1. The molecule has 3 amide bonds. The molecule has 0 atom stereocenters. The van der Waals surface area contributed by atoms with Crippen LogP contribution in [0.3, 0.4) is 0 Å². The number of carbonyl (C=O) groups is 3. The third-order valence-corrected chi connectivity index (χ3v) is 4.06. The first kappa shape index (κ1) is 21.5. The van der Waals surface area contributed by atoms with E-state index in [2.05, 4.69) is 16.2 Å². The first-order chi connectivity index (χ1) is 13.3. The van der Waals surface area contributed by atoms with Gasteiger partial charge < -0.3 is 10.1 Å². The Morgan fingerprint density at radius 3 is 2.21 bits per heavy atom. The minimum atomic E-state index is -0.522. The maximum Gasteiger partial charge on any atom is 0.276 e. The lowest BCUT2D eigenvalue weighted by atomic mass is 10.2. The third-order valence-electron chi connectivity index (χ3n) is 3.52. The Balaban J connectivity index is 1.65. The van der Waals surface area contributed by atoms with Crippen molar-refractivity contribution in [3.63, 3.8) is 0 Å². The van der Waals surface area contributed by atoms with Gasteiger partial charge in [-0.3, -0.25) is 25.2 Å². The molecule has 0 fully saturated rings. The van der Waals surface area contributed by atoms with Crippen molar-refractivity contribution in [1.29, 1.82) is 0 Å². The van der Waals surface area contributed by atoms with Crippen LogP contribution >= 0.6 is 23.2 Å². The van der Waals surface area contributed by atoms with Gasteiger partial charge in [0.25, 0.3) is 5.91 Å². The second kappa shape index (κ2) is 10.5. The highest BCUT2D eigenvalue weighted by atomic mass is 35.5. The van der Waals surface area contributed by atoms with Gasteiger partial charge in [0.05, 0.1) is 10.7 Å². The highest BCUT2D eigenvalue weighted by molar-refractivity contribution is 6.36. The predicted octanol–water partition coefficient (Wildman–Crippen LogP) is 3.25. The number of benzene rings is 2. The van der Waals surface area contributed by atoms with E-state index in [1.165, 1.54) is 6.07 Å². The Kier molecular flexibility index (Phi) is 8.10. The van der Waals surface area contributed by atoms with Gasteiger partial charge in [-0.15, -0.1) is 0 Å². The van der Waals surface area contributed by atoms with Crippen LogP contribution in [0, 0.1) is 6.92 Å². The average Bonchev–Trinajstić information content (AvgIpc) is 2.66. The minimum absolute atomic E-state index is 0.0828. The zero-order valence-corrected chi connectivity index (χ0v) is 16.6. The molecule has 0 aliphatic heterocycles. The normalized spacial score (nSPS) is 10.1. The number of hydrazine groups is 1. The minimum Gasteiger partial charge on any atom is -0.484 e. The summed E-state index contributed by atoms with van der Waals surface area (Å²) in [5, 5.41) is 3.33. The summed E-state index contributed by atoms with van der Waals surface area (Å²) in [6, 6.07) is 11.9. The highest BCUT2D eigenvalue weighted by Gasteiger charge is 2.10. The molecule has 0 aliphatic rings. The molecule has 0 radical (unpaired) electrons. The van der Waals surface area contributed by atoms with Crippen molar-refractivity contribution in [3.05, 3.63) is 58.1 Å². The molecule has 0 aromatic heterocycles. The molecular weight excluding hydrogens is 405 g/mol. The number of amides is 3. The fraction of sp³-hybridized carbons (Fsp3) is 0.211. The fourth-order valence-corrected chi connectivity index (χ4v) is 2.51. The molecule has 0 spiro atoms. The maximum atomic E-state index is 11.9. The molecule has 7 nitrogen and oxygen atoms in total. The summed E-state index contributed by atoms with van der Waals surface area (Å²) in [5.74, 6) is -0.884. The Morgan fingerprint density at radius 2 is 1.54 bits per heavy atom. The summed E-state index contributed by atoms with van der Waals surface area (Å²) >= 11 is 11.8. The number of carbonyl (C=O) groups excluding carboxylic acids is 3. The summed E-state index contributed by atoms with van der Waals surface area (Å²) in [6.45, 7) is 1.69. The van der Waals surface area contributed by atoms with E-state index < -0.39 is 17.7 Å². The van der Waals surface area contributed by atoms with Crippen LogP contribution < -0.4 is 20.9 Å². The van der Waals surface area contributed by atoms with Crippen LogP contribution in [0.1, 0.15) is 18.4 Å². The lowest BCUT2D eigenvalue weighted by Gasteiger charge is -2.10. The molecule has 9 heteroatoms. The molecule has 2 aromatic rings. The number of aryl methyl sites for hydroxylation is 1. The van der Waals surface area contributed by atoms with Crippen LogP contribution in [0.2, 0.25) is 10.0 Å². The second-order valence-electron chi connectivity index (χ2n) is 5.87. The molecule has 0 heterocycles. The molecule has 2 rings (SSSR count). The summed E-state index contributed by atoms with van der Waals surface area (Å²) in [4.78, 5) is 35.3. The van der Waals surface area contributed by atoms with Crippen molar-refractivity contribution < 1.29 is 19.1 Å². The fourth-order valence-electron chi connectivity index (χ4n) is 2.05. The van der Waals surface area contributed by atoms with Crippen molar-refractivity contribution >= 4 is 46.6 Å². The van der Waals surface area contributed by atoms with Gasteiger partial charge in [-0.05, 0) is 37.3 Å². The summed E-state index contributed by atoms with van der Waals surface area (Å²) in [7, 11) is 0. The van der Waals surface area contributed by atoms with E-state index in [1.807, 2.05) is 19.1 Å². The van der Waals surface area contributed by atoms with Gasteiger partial charge in [-0.2, -0.15) is 0 Å². The van der Waals surface area contributed by atoms with E-state index in [-0.39, 0.29) is 19.4 Å². The van der Waals surface area contributed by atoms with E-state index in [0.717, 1.165) is 5.56 Å². The van der Waals surface area contributed by atoms with Crippen LogP contribution in [0.5, 0.6) is 5.75 Å². The monoisotopic (exact) mass is 423 g/mol. The third kappa shape index (κ3) is 7.46. The molecule has 0 saturated carbocycles. The van der Waals surface area contributed by atoms with E-state index in [0.29, 0.717) is 21.5 Å². The Hall–Kier alpha value is -2.77. The summed E-state index contributed by atoms with van der Waals surface area (Å²) in [5.41, 5.74) is 5.92. The molecule has 148 valence electrons. The van der Waals surface area contributed by atoms with E-state index in [9.17, 15) is 14.4 Å². The number of nitrogens with one attached hydrogen (secondary N) is 3. The van der Waals surface area contributed by atoms with Crippen molar-refractivity contribution in [2.24, 2.45) is 0 Å². The molecule has 0 saturated heterocycles. The number of hydrogen-bond donors (Lipinski definition) is 3. The first-order valence-electron chi connectivity index (χ1n) is 8.35. The molecule has 28 heavy (non-hydrogen) atoms. The Bertz CT molecular complexity index is 857. The maximum absolute atomic E-state index is 11.9. The van der Waals surface area contributed by atoms with Gasteiger partial charge in [0.2, 0.25) is 11.8 Å². The van der Waals surface area contributed by atoms with Crippen LogP contribution in [-0.4, -0.2) is 24.3 Å². The largest absolute Gasteiger partial charge is 0.484 e. The number of hydrogen-bond acceptors (Lipinski definition) is 4. The number of rotatable bonds is 7. The Morgan fingerprint density at radius 1 is 0.893 bits per heavy atom. The molecule has 0 aliphatic carbocycles. The first-order valence-corrected chi connectivity index (χ1v) is 9.11. The van der Waals surface area contributed by atoms with Crippen molar-refractivity contribution in [3.8, 4) is 5.75 Å². The van der Waals surface area contributed by atoms with Crippen LogP contribution in [0.4, 0.5) is 5.69 Å². The quantitative estimate of drug-likeness (QED) is 0.595. The van der Waals surface area contributed by atoms with Gasteiger partial charge in [0.15, 0.2) is 6.61 Å². The van der Waals surface area contributed by atoms with Gasteiger partial charge >= 0.3 is 0 Å². The second-order valence-corrected chi connectivity index (χ2v) is 6.71. The molecule has 0 unspecified atom stereocenters. The van der Waals surface area contributed by atoms with Crippen molar-refractivity contribution in [2.75, 3.05) is 11.9 Å². The number of halogens is 2. The van der Waals surface area contributed by atoms with Gasteiger partial charge in [0.1, 0.15) is 5.75 Å². The van der Waals surface area contributed by atoms with Gasteiger partial charge in [-0.1, -0.05) is 40.9 Å². The van der Waals surface area contributed by atoms with Gasteiger partial charge in [-0.25, -0.2) is 0 Å². The smallest absolute Gasteiger partial charge is 0.276 e. The molecule has 3 N–H and O–H groups in total. The van der Waals surface area contributed by atoms with Crippen molar-refractivity contribution in [2.45, 2.75) is 19.8 Å². The standard InChI is InChI=1S/C19H19Cl2N3O4/c1-12-2-5-14(6-3-12)28-11-19(27)24-23-18(26)9-8-17(25)22-16-7-4-13(20)10-15(16)21/h2-7,10H,8-9,11H2,1H3,(H,22,25)(H,23,26)(H,24,27). The Labute approximate surface area is 172 Å². The summed E-state index contributed by atoms with van der Waals surface area (Å²) < 4.78 is 5.29. The summed E-state index contributed by atoms with van der Waals surface area (Å²) in [6.07, 6.45) is -0.198. The predicted molar refractivity (Wildman–Crippen MR) is 107 cm³/mol.